The lowest BCUT2D eigenvalue weighted by Gasteiger charge is -2.41. The van der Waals surface area contributed by atoms with Gasteiger partial charge in [0.15, 0.2) is 18.1 Å². The largest absolute Gasteiger partial charge is 0.497 e. The van der Waals surface area contributed by atoms with Crippen molar-refractivity contribution in [2.24, 2.45) is 0 Å². The molecule has 190 valence electrons. The highest BCUT2D eigenvalue weighted by Crippen LogP contribution is 2.43. The average Bonchev–Trinajstić information content (AvgIpc) is 3.31. The summed E-state index contributed by atoms with van der Waals surface area (Å²) in [5.74, 6) is -4.26. The van der Waals surface area contributed by atoms with Gasteiger partial charge < -0.3 is 28.6 Å². The van der Waals surface area contributed by atoms with Gasteiger partial charge in [0.05, 0.1) is 26.5 Å². The Labute approximate surface area is 198 Å². The van der Waals surface area contributed by atoms with Crippen molar-refractivity contribution in [2.75, 3.05) is 40.7 Å². The molecule has 12 heteroatoms. The lowest BCUT2D eigenvalue weighted by Crippen LogP contribution is -2.53. The molecule has 0 aliphatic carbocycles. The van der Waals surface area contributed by atoms with Gasteiger partial charge in [0.2, 0.25) is 0 Å². The van der Waals surface area contributed by atoms with Crippen LogP contribution >= 0.6 is 0 Å². The molecule has 1 aromatic carbocycles. The number of amides is 1. The number of carbonyl (C=O) groups is 1. The van der Waals surface area contributed by atoms with E-state index in [2.05, 4.69) is 4.98 Å². The molecular formula is C23H24F4N2O6. The van der Waals surface area contributed by atoms with Crippen molar-refractivity contribution in [1.29, 1.82) is 0 Å². The van der Waals surface area contributed by atoms with Gasteiger partial charge in [-0.1, -0.05) is 0 Å². The van der Waals surface area contributed by atoms with Gasteiger partial charge >= 0.3 is 12.3 Å². The Kier molecular flexibility index (Phi) is 7.04. The topological polar surface area (TPSA) is 79.4 Å². The van der Waals surface area contributed by atoms with Crippen LogP contribution in [0.1, 0.15) is 22.5 Å². The third-order valence-electron chi connectivity index (χ3n) is 6.08. The van der Waals surface area contributed by atoms with Crippen LogP contribution in [0.2, 0.25) is 0 Å². The van der Waals surface area contributed by atoms with Crippen molar-refractivity contribution in [3.8, 4) is 17.2 Å². The number of halogens is 4. The second kappa shape index (κ2) is 9.86. The summed E-state index contributed by atoms with van der Waals surface area (Å²) < 4.78 is 78.2. The van der Waals surface area contributed by atoms with Gasteiger partial charge in [-0.25, -0.2) is 8.78 Å². The number of methoxy groups -OCH3 is 2. The zero-order valence-electron chi connectivity index (χ0n) is 19.0. The number of ether oxygens (including phenoxy) is 5. The summed E-state index contributed by atoms with van der Waals surface area (Å²) in [5.41, 5.74) is 0.0346. The minimum atomic E-state index is -4.32. The average molecular weight is 500 g/mol. The molecule has 1 amide bonds. The Morgan fingerprint density at radius 2 is 2.03 bits per heavy atom. The van der Waals surface area contributed by atoms with E-state index in [0.717, 1.165) is 0 Å². The standard InChI is InChI=1S/C23H24F4N2O6/c1-31-15-5-7-28-18(10-15)22-6-8-29(11-19(22)34-13-35-22)20(30)14-3-4-16(17(9-14)32-2)33-12-23(26,27)21(24)25/h3-5,7,9-10,19,21H,6,8,11-13H2,1-2H3/t19?,22-/m1/s1. The molecule has 2 aliphatic rings. The zero-order valence-corrected chi connectivity index (χ0v) is 19.0. The second-order valence-electron chi connectivity index (χ2n) is 8.11. The maximum atomic E-state index is 13.2. The first-order chi connectivity index (χ1) is 16.7. The number of aromatic nitrogens is 1. The van der Waals surface area contributed by atoms with Crippen molar-refractivity contribution in [3.63, 3.8) is 0 Å². The molecule has 3 heterocycles. The lowest BCUT2D eigenvalue weighted by atomic mass is 9.84. The van der Waals surface area contributed by atoms with Gasteiger partial charge in [-0.3, -0.25) is 9.78 Å². The highest BCUT2D eigenvalue weighted by Gasteiger charge is 2.52. The Balaban J connectivity index is 1.49. The number of carbonyl (C=O) groups excluding carboxylic acids is 1. The van der Waals surface area contributed by atoms with Crippen LogP contribution < -0.4 is 14.2 Å². The summed E-state index contributed by atoms with van der Waals surface area (Å²) >= 11 is 0. The summed E-state index contributed by atoms with van der Waals surface area (Å²) in [5, 5.41) is 0. The van der Waals surface area contributed by atoms with Crippen molar-refractivity contribution < 1.29 is 46.0 Å². The molecular weight excluding hydrogens is 476 g/mol. The molecule has 0 N–H and O–H groups in total. The monoisotopic (exact) mass is 500 g/mol. The van der Waals surface area contributed by atoms with E-state index >= 15 is 0 Å². The number of hydrogen-bond donors (Lipinski definition) is 0. The van der Waals surface area contributed by atoms with Crippen LogP contribution in [0.3, 0.4) is 0 Å². The Morgan fingerprint density at radius 3 is 2.74 bits per heavy atom. The van der Waals surface area contributed by atoms with Gasteiger partial charge in [-0.2, -0.15) is 8.78 Å². The fraction of sp³-hybridized carbons (Fsp3) is 0.478. The second-order valence-corrected chi connectivity index (χ2v) is 8.11. The normalized spacial score (nSPS) is 22.1. The number of likely N-dealkylation sites (tertiary alicyclic amines) is 1. The summed E-state index contributed by atoms with van der Waals surface area (Å²) in [7, 11) is 2.80. The van der Waals surface area contributed by atoms with E-state index in [0.29, 0.717) is 24.4 Å². The molecule has 0 spiro atoms. The van der Waals surface area contributed by atoms with Crippen molar-refractivity contribution >= 4 is 5.91 Å². The van der Waals surface area contributed by atoms with Crippen LogP contribution in [-0.4, -0.2) is 75.0 Å². The molecule has 2 aromatic rings. The Bertz CT molecular complexity index is 1070. The zero-order chi connectivity index (χ0) is 25.2. The number of benzene rings is 1. The molecule has 0 bridgehead atoms. The molecule has 2 fully saturated rings. The molecule has 1 aromatic heterocycles. The van der Waals surface area contributed by atoms with Crippen LogP contribution in [0.5, 0.6) is 17.2 Å². The Hall–Kier alpha value is -3.12. The summed E-state index contributed by atoms with van der Waals surface area (Å²) in [6.07, 6.45) is -2.30. The maximum Gasteiger partial charge on any atom is 0.340 e. The van der Waals surface area contributed by atoms with Crippen LogP contribution in [0.4, 0.5) is 17.6 Å². The summed E-state index contributed by atoms with van der Waals surface area (Å²) in [4.78, 5) is 19.2. The van der Waals surface area contributed by atoms with E-state index < -0.39 is 30.7 Å². The number of nitrogens with zero attached hydrogens (tertiary/aromatic N) is 2. The van der Waals surface area contributed by atoms with Crippen molar-refractivity contribution in [2.45, 2.75) is 30.5 Å². The number of hydrogen-bond acceptors (Lipinski definition) is 7. The molecule has 35 heavy (non-hydrogen) atoms. The number of fused-ring (bicyclic) bond motifs is 1. The third-order valence-corrected chi connectivity index (χ3v) is 6.08. The van der Waals surface area contributed by atoms with Crippen molar-refractivity contribution in [1.82, 2.24) is 9.88 Å². The first-order valence-electron chi connectivity index (χ1n) is 10.7. The molecule has 8 nitrogen and oxygen atoms in total. The molecule has 1 unspecified atom stereocenters. The smallest absolute Gasteiger partial charge is 0.340 e. The fourth-order valence-electron chi connectivity index (χ4n) is 4.14. The quantitative estimate of drug-likeness (QED) is 0.514. The Morgan fingerprint density at radius 1 is 1.23 bits per heavy atom. The number of alkyl halides is 4. The number of pyridine rings is 1. The van der Waals surface area contributed by atoms with E-state index in [1.807, 2.05) is 0 Å². The first kappa shape index (κ1) is 25.0. The molecule has 0 radical (unpaired) electrons. The first-order valence-corrected chi connectivity index (χ1v) is 10.7. The predicted molar refractivity (Wildman–Crippen MR) is 113 cm³/mol. The van der Waals surface area contributed by atoms with E-state index in [1.165, 1.54) is 25.3 Å². The van der Waals surface area contributed by atoms with E-state index in [4.69, 9.17) is 23.7 Å². The van der Waals surface area contributed by atoms with Gasteiger partial charge in [0.1, 0.15) is 24.2 Å². The molecule has 2 saturated heterocycles. The maximum absolute atomic E-state index is 13.2. The lowest BCUT2D eigenvalue weighted by molar-refractivity contribution is -0.148. The third kappa shape index (κ3) is 4.85. The fourth-order valence-corrected chi connectivity index (χ4v) is 4.14. The van der Waals surface area contributed by atoms with E-state index in [1.54, 1.807) is 30.3 Å². The minimum Gasteiger partial charge on any atom is -0.497 e. The van der Waals surface area contributed by atoms with Gasteiger partial charge in [-0.05, 0) is 24.3 Å². The number of rotatable bonds is 8. The molecule has 2 aliphatic heterocycles. The van der Waals surface area contributed by atoms with E-state index in [-0.39, 0.29) is 36.3 Å². The van der Waals surface area contributed by atoms with Gasteiger partial charge in [0, 0.05) is 30.8 Å². The molecule has 2 atom stereocenters. The summed E-state index contributed by atoms with van der Waals surface area (Å²) in [6, 6.07) is 7.41. The van der Waals surface area contributed by atoms with Gasteiger partial charge in [-0.15, -0.1) is 0 Å². The van der Waals surface area contributed by atoms with Crippen LogP contribution in [-0.2, 0) is 15.1 Å². The van der Waals surface area contributed by atoms with Crippen LogP contribution in [0.15, 0.2) is 36.5 Å². The highest BCUT2D eigenvalue weighted by atomic mass is 19.3. The van der Waals surface area contributed by atoms with Gasteiger partial charge in [0.25, 0.3) is 5.91 Å². The molecule has 0 saturated carbocycles. The number of piperidine rings is 1. The highest BCUT2D eigenvalue weighted by molar-refractivity contribution is 5.95. The summed E-state index contributed by atoms with van der Waals surface area (Å²) in [6.45, 7) is -0.924. The van der Waals surface area contributed by atoms with Crippen LogP contribution in [0.25, 0.3) is 0 Å². The minimum absolute atomic E-state index is 0.0340. The van der Waals surface area contributed by atoms with Crippen molar-refractivity contribution in [3.05, 3.63) is 47.8 Å². The van der Waals surface area contributed by atoms with Crippen LogP contribution in [0, 0.1) is 0 Å². The van der Waals surface area contributed by atoms with E-state index in [9.17, 15) is 22.4 Å². The predicted octanol–water partition coefficient (Wildman–Crippen LogP) is 3.49. The SMILES string of the molecule is COc1ccnc([C@]23CCN(C(=O)c4ccc(OCC(F)(F)C(F)F)c(OC)c4)CC2OCO3)c1. The molecule has 4 rings (SSSR count).